The van der Waals surface area contributed by atoms with E-state index >= 15 is 0 Å². The first-order valence-corrected chi connectivity index (χ1v) is 7.42. The molecule has 3 rings (SSSR count). The second-order valence-corrected chi connectivity index (χ2v) is 5.18. The van der Waals surface area contributed by atoms with Crippen molar-refractivity contribution >= 4 is 23.1 Å². The lowest BCUT2D eigenvalue weighted by Gasteiger charge is -2.07. The Balaban J connectivity index is 2.27. The van der Waals surface area contributed by atoms with Crippen molar-refractivity contribution in [3.8, 4) is 11.3 Å². The van der Waals surface area contributed by atoms with Crippen molar-refractivity contribution < 1.29 is 4.79 Å². The fourth-order valence-electron chi connectivity index (χ4n) is 2.20. The maximum absolute atomic E-state index is 11.8. The molecule has 0 aliphatic rings. The highest BCUT2D eigenvalue weighted by Crippen LogP contribution is 2.26. The van der Waals surface area contributed by atoms with E-state index in [4.69, 9.17) is 0 Å². The fourth-order valence-corrected chi connectivity index (χ4v) is 2.52. The number of hydrogen-bond acceptors (Lipinski definition) is 4. The number of ketones is 1. The smallest absolute Gasteiger partial charge is 0.207 e. The van der Waals surface area contributed by atoms with Crippen molar-refractivity contribution in [3.63, 3.8) is 0 Å². The molecule has 3 aromatic rings. The number of hydrogen-bond donors (Lipinski definition) is 0. The number of nitrogens with zero attached hydrogens (tertiary/aromatic N) is 3. The molecule has 0 N–H and O–H groups in total. The fraction of sp³-hybridized carbons (Fsp3) is 0.133. The Kier molecular flexibility index (Phi) is 3.28. The van der Waals surface area contributed by atoms with Crippen molar-refractivity contribution in [1.82, 2.24) is 14.6 Å². The van der Waals surface area contributed by atoms with Gasteiger partial charge in [-0.05, 0) is 25.3 Å². The summed E-state index contributed by atoms with van der Waals surface area (Å²) in [6.07, 6.45) is 3.73. The normalized spacial score (nSPS) is 10.9. The summed E-state index contributed by atoms with van der Waals surface area (Å²) in [6, 6.07) is 11.5. The molecule has 0 amide bonds. The third-order valence-corrected chi connectivity index (χ3v) is 3.69. The van der Waals surface area contributed by atoms with Crippen LogP contribution in [0, 0.1) is 0 Å². The van der Waals surface area contributed by atoms with E-state index in [1.54, 1.807) is 13.1 Å². The highest BCUT2D eigenvalue weighted by molar-refractivity contribution is 7.98. The van der Waals surface area contributed by atoms with Crippen LogP contribution in [0.5, 0.6) is 0 Å². The van der Waals surface area contributed by atoms with Crippen LogP contribution >= 0.6 is 11.8 Å². The number of aromatic nitrogens is 3. The van der Waals surface area contributed by atoms with Gasteiger partial charge in [-0.15, -0.1) is 5.10 Å². The monoisotopic (exact) mass is 283 g/mol. The Labute approximate surface area is 120 Å². The van der Waals surface area contributed by atoms with E-state index in [0.29, 0.717) is 10.7 Å². The van der Waals surface area contributed by atoms with Crippen LogP contribution in [-0.4, -0.2) is 26.6 Å². The lowest BCUT2D eigenvalue weighted by molar-refractivity contribution is 0.101. The number of carbonyl (C=O) groups excluding carboxylic acids is 1. The Hall–Kier alpha value is -2.14. The first-order chi connectivity index (χ1) is 9.70. The zero-order valence-corrected chi connectivity index (χ0v) is 12.0. The Bertz CT molecular complexity index is 795. The summed E-state index contributed by atoms with van der Waals surface area (Å²) in [7, 11) is 0. The predicted molar refractivity (Wildman–Crippen MR) is 80.2 cm³/mol. The van der Waals surface area contributed by atoms with Crippen molar-refractivity contribution in [1.29, 1.82) is 0 Å². The molecule has 1 aromatic carbocycles. The van der Waals surface area contributed by atoms with Gasteiger partial charge < -0.3 is 0 Å². The van der Waals surface area contributed by atoms with Gasteiger partial charge in [0.05, 0.1) is 17.4 Å². The molecule has 100 valence electrons. The summed E-state index contributed by atoms with van der Waals surface area (Å²) in [6.45, 7) is 1.58. The second kappa shape index (κ2) is 5.09. The lowest BCUT2D eigenvalue weighted by atomic mass is 10.0. The Morgan fingerprint density at radius 3 is 2.75 bits per heavy atom. The number of Topliss-reactive ketones (excluding diaryl/α,β-unsaturated/α-hetero) is 1. The van der Waals surface area contributed by atoms with Crippen LogP contribution in [0.15, 0.2) is 47.8 Å². The van der Waals surface area contributed by atoms with Crippen molar-refractivity contribution in [2.45, 2.75) is 12.1 Å². The molecule has 0 spiro atoms. The van der Waals surface area contributed by atoms with E-state index in [9.17, 15) is 4.79 Å². The van der Waals surface area contributed by atoms with E-state index in [-0.39, 0.29) is 5.78 Å². The standard InChI is InChI=1S/C15H13N3OS/c1-10(19)12-5-3-4-6-13(12)14-8-7-11-9-16-15(20-2)17-18(11)14/h3-9H,1-2H3. The molecule has 4 nitrogen and oxygen atoms in total. The summed E-state index contributed by atoms with van der Waals surface area (Å²) >= 11 is 1.49. The largest absolute Gasteiger partial charge is 0.294 e. The molecule has 5 heteroatoms. The van der Waals surface area contributed by atoms with E-state index < -0.39 is 0 Å². The highest BCUT2D eigenvalue weighted by atomic mass is 32.2. The van der Waals surface area contributed by atoms with Gasteiger partial charge in [0.1, 0.15) is 0 Å². The molecular weight excluding hydrogens is 270 g/mol. The van der Waals surface area contributed by atoms with E-state index in [2.05, 4.69) is 10.1 Å². The van der Waals surface area contributed by atoms with Crippen LogP contribution in [0.4, 0.5) is 0 Å². The van der Waals surface area contributed by atoms with Gasteiger partial charge >= 0.3 is 0 Å². The molecular formula is C15H13N3OS. The predicted octanol–water partition coefficient (Wildman–Crippen LogP) is 3.32. The molecule has 20 heavy (non-hydrogen) atoms. The minimum absolute atomic E-state index is 0.0506. The average molecular weight is 283 g/mol. The Morgan fingerprint density at radius 2 is 2.00 bits per heavy atom. The zero-order valence-electron chi connectivity index (χ0n) is 11.2. The molecule has 0 bridgehead atoms. The topological polar surface area (TPSA) is 47.3 Å². The minimum atomic E-state index is 0.0506. The number of benzene rings is 1. The maximum Gasteiger partial charge on any atom is 0.207 e. The van der Waals surface area contributed by atoms with Gasteiger partial charge in [-0.2, -0.15) is 0 Å². The van der Waals surface area contributed by atoms with Crippen LogP contribution in [0.25, 0.3) is 16.8 Å². The van der Waals surface area contributed by atoms with Crippen LogP contribution in [-0.2, 0) is 0 Å². The number of rotatable bonds is 3. The van der Waals surface area contributed by atoms with Crippen molar-refractivity contribution in [3.05, 3.63) is 48.2 Å². The summed E-state index contributed by atoms with van der Waals surface area (Å²) in [4.78, 5) is 16.0. The van der Waals surface area contributed by atoms with Gasteiger partial charge in [-0.25, -0.2) is 9.50 Å². The maximum atomic E-state index is 11.8. The number of carbonyl (C=O) groups is 1. The van der Waals surface area contributed by atoms with E-state index in [0.717, 1.165) is 16.8 Å². The van der Waals surface area contributed by atoms with Crippen molar-refractivity contribution in [2.75, 3.05) is 6.26 Å². The molecule has 2 heterocycles. The van der Waals surface area contributed by atoms with Crippen LogP contribution in [0.2, 0.25) is 0 Å². The zero-order chi connectivity index (χ0) is 14.1. The summed E-state index contributed by atoms with van der Waals surface area (Å²) in [5.41, 5.74) is 3.42. The minimum Gasteiger partial charge on any atom is -0.294 e. The molecule has 0 radical (unpaired) electrons. The van der Waals surface area contributed by atoms with Gasteiger partial charge in [0, 0.05) is 11.1 Å². The van der Waals surface area contributed by atoms with Crippen LogP contribution < -0.4 is 0 Å². The van der Waals surface area contributed by atoms with Gasteiger partial charge in [-0.3, -0.25) is 4.79 Å². The molecule has 0 aliphatic heterocycles. The van der Waals surface area contributed by atoms with E-state index in [1.165, 1.54) is 11.8 Å². The summed E-state index contributed by atoms with van der Waals surface area (Å²) in [5, 5.41) is 5.19. The Morgan fingerprint density at radius 1 is 1.20 bits per heavy atom. The molecule has 0 aliphatic carbocycles. The van der Waals surface area contributed by atoms with E-state index in [1.807, 2.05) is 47.2 Å². The second-order valence-electron chi connectivity index (χ2n) is 4.40. The van der Waals surface area contributed by atoms with Crippen LogP contribution in [0.1, 0.15) is 17.3 Å². The first kappa shape index (κ1) is 12.9. The van der Waals surface area contributed by atoms with Gasteiger partial charge in [0.25, 0.3) is 0 Å². The van der Waals surface area contributed by atoms with Crippen molar-refractivity contribution in [2.24, 2.45) is 0 Å². The lowest BCUT2D eigenvalue weighted by Crippen LogP contribution is -2.01. The highest BCUT2D eigenvalue weighted by Gasteiger charge is 2.13. The van der Waals surface area contributed by atoms with Gasteiger partial charge in [0.15, 0.2) is 5.78 Å². The SMILES string of the molecule is CSc1ncc2ccc(-c3ccccc3C(C)=O)n2n1. The molecule has 0 fully saturated rings. The molecule has 0 unspecified atom stereocenters. The summed E-state index contributed by atoms with van der Waals surface area (Å²) in [5.74, 6) is 0.0506. The third kappa shape index (κ3) is 2.10. The average Bonchev–Trinajstić information content (AvgIpc) is 2.89. The first-order valence-electron chi connectivity index (χ1n) is 6.20. The quantitative estimate of drug-likeness (QED) is 0.546. The van der Waals surface area contributed by atoms with Gasteiger partial charge in [0.2, 0.25) is 5.16 Å². The molecule has 0 saturated heterocycles. The van der Waals surface area contributed by atoms with Crippen LogP contribution in [0.3, 0.4) is 0 Å². The number of thioether (sulfide) groups is 1. The molecule has 0 saturated carbocycles. The summed E-state index contributed by atoms with van der Waals surface area (Å²) < 4.78 is 1.83. The number of fused-ring (bicyclic) bond motifs is 1. The molecule has 2 aromatic heterocycles. The van der Waals surface area contributed by atoms with Gasteiger partial charge in [-0.1, -0.05) is 36.0 Å². The molecule has 0 atom stereocenters. The third-order valence-electron chi connectivity index (χ3n) is 3.14.